The van der Waals surface area contributed by atoms with Gasteiger partial charge in [-0.05, 0) is 37.2 Å². The smallest absolute Gasteiger partial charge is 0.167 e. The lowest BCUT2D eigenvalue weighted by Crippen LogP contribution is -2.26. The Bertz CT molecular complexity index is 538. The van der Waals surface area contributed by atoms with Gasteiger partial charge in [-0.15, -0.1) is 5.10 Å². The van der Waals surface area contributed by atoms with E-state index in [4.69, 9.17) is 4.74 Å². The molecule has 0 spiro atoms. The molecule has 0 radical (unpaired) electrons. The number of rotatable bonds is 9. The summed E-state index contributed by atoms with van der Waals surface area (Å²) in [5.74, 6) is 1.13. The Morgan fingerprint density at radius 3 is 2.73 bits per heavy atom. The second kappa shape index (κ2) is 8.06. The summed E-state index contributed by atoms with van der Waals surface area (Å²) >= 11 is 0. The van der Waals surface area contributed by atoms with Crippen LogP contribution in [-0.2, 0) is 17.6 Å². The Balaban J connectivity index is 1.92. The number of nitrogens with zero attached hydrogens (tertiary/aromatic N) is 3. The van der Waals surface area contributed by atoms with Crippen molar-refractivity contribution in [3.63, 3.8) is 0 Å². The molecule has 6 heteroatoms. The molecule has 0 amide bonds. The molecule has 1 aromatic heterocycles. The molecule has 0 bridgehead atoms. The van der Waals surface area contributed by atoms with E-state index in [1.165, 1.54) is 12.8 Å². The quantitative estimate of drug-likeness (QED) is 0.721. The third kappa shape index (κ3) is 4.39. The highest BCUT2D eigenvalue weighted by Crippen LogP contribution is 2.28. The van der Waals surface area contributed by atoms with Gasteiger partial charge in [0.05, 0.1) is 18.4 Å². The van der Waals surface area contributed by atoms with Crippen LogP contribution < -0.4 is 5.32 Å². The molecule has 6 nitrogen and oxygen atoms in total. The number of aryl methyl sites for hydroxylation is 1. The Labute approximate surface area is 131 Å². The molecule has 0 aliphatic heterocycles. The number of ether oxygens (including phenoxy) is 1. The van der Waals surface area contributed by atoms with Crippen LogP contribution >= 0.6 is 0 Å². The van der Waals surface area contributed by atoms with Crippen LogP contribution in [-0.4, -0.2) is 41.2 Å². The summed E-state index contributed by atoms with van der Waals surface area (Å²) < 4.78 is 5.45. The lowest BCUT2D eigenvalue weighted by atomic mass is 10.0. The van der Waals surface area contributed by atoms with Gasteiger partial charge in [0.1, 0.15) is 11.6 Å². The summed E-state index contributed by atoms with van der Waals surface area (Å²) in [5, 5.41) is 30.6. The van der Waals surface area contributed by atoms with Gasteiger partial charge in [0.15, 0.2) is 5.82 Å². The Hall–Kier alpha value is -1.71. The molecule has 1 fully saturated rings. The van der Waals surface area contributed by atoms with Gasteiger partial charge >= 0.3 is 0 Å². The highest BCUT2D eigenvalue weighted by Gasteiger charge is 2.21. The molecule has 2 rings (SSSR count). The van der Waals surface area contributed by atoms with E-state index in [-0.39, 0.29) is 0 Å². The van der Waals surface area contributed by atoms with Crippen LogP contribution in [0.1, 0.15) is 43.5 Å². The van der Waals surface area contributed by atoms with Gasteiger partial charge in [-0.25, -0.2) is 0 Å². The molecule has 22 heavy (non-hydrogen) atoms. The lowest BCUT2D eigenvalue weighted by Gasteiger charge is -2.15. The third-order valence-electron chi connectivity index (χ3n) is 3.82. The van der Waals surface area contributed by atoms with Crippen LogP contribution in [0.3, 0.4) is 0 Å². The van der Waals surface area contributed by atoms with Crippen molar-refractivity contribution in [2.45, 2.75) is 45.6 Å². The minimum absolute atomic E-state index is 0.294. The highest BCUT2D eigenvalue weighted by atomic mass is 16.5. The van der Waals surface area contributed by atoms with Gasteiger partial charge in [-0.2, -0.15) is 10.4 Å². The SMILES string of the molecule is CCc1nnc(NCC(O)COCC2CC2)c(C#N)c1CC. The van der Waals surface area contributed by atoms with Gasteiger partial charge in [0.25, 0.3) is 0 Å². The summed E-state index contributed by atoms with van der Waals surface area (Å²) in [5.41, 5.74) is 2.32. The second-order valence-electron chi connectivity index (χ2n) is 5.68. The Morgan fingerprint density at radius 2 is 2.14 bits per heavy atom. The van der Waals surface area contributed by atoms with Crippen molar-refractivity contribution >= 4 is 5.82 Å². The number of aliphatic hydroxyl groups is 1. The first kappa shape index (κ1) is 16.7. The first-order valence-corrected chi connectivity index (χ1v) is 7.97. The van der Waals surface area contributed by atoms with Gasteiger partial charge in [0.2, 0.25) is 0 Å². The molecule has 0 saturated heterocycles. The zero-order valence-electron chi connectivity index (χ0n) is 13.3. The number of nitrogens with one attached hydrogen (secondary N) is 1. The number of aromatic nitrogens is 2. The van der Waals surface area contributed by atoms with E-state index in [2.05, 4.69) is 21.6 Å². The van der Waals surface area contributed by atoms with Crippen molar-refractivity contribution in [1.82, 2.24) is 10.2 Å². The number of hydrogen-bond acceptors (Lipinski definition) is 6. The van der Waals surface area contributed by atoms with Crippen LogP contribution in [0.25, 0.3) is 0 Å². The second-order valence-corrected chi connectivity index (χ2v) is 5.68. The predicted molar refractivity (Wildman–Crippen MR) is 83.5 cm³/mol. The van der Waals surface area contributed by atoms with Crippen molar-refractivity contribution in [2.24, 2.45) is 5.92 Å². The average molecular weight is 304 g/mol. The standard InChI is InChI=1S/C16H24N4O2/c1-3-13-14(7-17)16(20-19-15(13)4-2)18-8-12(21)10-22-9-11-5-6-11/h11-12,21H,3-6,8-10H2,1-2H3,(H,18,20). The molecule has 1 aromatic rings. The topological polar surface area (TPSA) is 91.1 Å². The first-order chi connectivity index (χ1) is 10.7. The molecule has 1 unspecified atom stereocenters. The molecule has 1 aliphatic carbocycles. The Kier molecular flexibility index (Phi) is 6.10. The van der Waals surface area contributed by atoms with Crippen LogP contribution in [0.2, 0.25) is 0 Å². The van der Waals surface area contributed by atoms with Gasteiger partial charge in [-0.1, -0.05) is 13.8 Å². The number of anilines is 1. The maximum Gasteiger partial charge on any atom is 0.167 e. The summed E-state index contributed by atoms with van der Waals surface area (Å²) in [6.07, 6.45) is 3.34. The van der Waals surface area contributed by atoms with Gasteiger partial charge in [-0.3, -0.25) is 0 Å². The van der Waals surface area contributed by atoms with Crippen molar-refractivity contribution < 1.29 is 9.84 Å². The van der Waals surface area contributed by atoms with E-state index in [0.717, 1.165) is 30.7 Å². The summed E-state index contributed by atoms with van der Waals surface area (Å²) in [6, 6.07) is 2.20. The zero-order valence-corrected chi connectivity index (χ0v) is 13.3. The molecule has 0 aromatic carbocycles. The van der Waals surface area contributed by atoms with E-state index in [9.17, 15) is 10.4 Å². The summed E-state index contributed by atoms with van der Waals surface area (Å²) in [4.78, 5) is 0. The molecule has 2 N–H and O–H groups in total. The van der Waals surface area contributed by atoms with Gasteiger partial charge in [0, 0.05) is 13.2 Å². The van der Waals surface area contributed by atoms with Crippen molar-refractivity contribution in [1.29, 1.82) is 5.26 Å². The maximum absolute atomic E-state index is 9.92. The largest absolute Gasteiger partial charge is 0.389 e. The van der Waals surface area contributed by atoms with Crippen molar-refractivity contribution in [3.05, 3.63) is 16.8 Å². The maximum atomic E-state index is 9.92. The molecule has 120 valence electrons. The molecular formula is C16H24N4O2. The van der Waals surface area contributed by atoms with Gasteiger partial charge < -0.3 is 15.2 Å². The Morgan fingerprint density at radius 1 is 1.36 bits per heavy atom. The molecule has 1 atom stereocenters. The number of hydrogen-bond donors (Lipinski definition) is 2. The molecule has 1 saturated carbocycles. The van der Waals surface area contributed by atoms with E-state index >= 15 is 0 Å². The van der Waals surface area contributed by atoms with E-state index in [0.29, 0.717) is 30.5 Å². The van der Waals surface area contributed by atoms with Crippen molar-refractivity contribution in [2.75, 3.05) is 25.1 Å². The van der Waals surface area contributed by atoms with Crippen LogP contribution in [0.5, 0.6) is 0 Å². The minimum atomic E-state index is -0.622. The van der Waals surface area contributed by atoms with Crippen LogP contribution in [0, 0.1) is 17.2 Å². The van der Waals surface area contributed by atoms with Crippen LogP contribution in [0.4, 0.5) is 5.82 Å². The molecular weight excluding hydrogens is 280 g/mol. The summed E-state index contributed by atoms with van der Waals surface area (Å²) in [7, 11) is 0. The van der Waals surface area contributed by atoms with Crippen LogP contribution in [0.15, 0.2) is 0 Å². The van der Waals surface area contributed by atoms with E-state index < -0.39 is 6.10 Å². The summed E-state index contributed by atoms with van der Waals surface area (Å²) in [6.45, 7) is 5.32. The monoisotopic (exact) mass is 304 g/mol. The number of aliphatic hydroxyl groups excluding tert-OH is 1. The normalized spacial score (nSPS) is 15.4. The molecule has 1 aliphatic rings. The average Bonchev–Trinajstić information content (AvgIpc) is 3.35. The fourth-order valence-corrected chi connectivity index (χ4v) is 2.35. The van der Waals surface area contributed by atoms with Crippen molar-refractivity contribution in [3.8, 4) is 6.07 Å². The third-order valence-corrected chi connectivity index (χ3v) is 3.82. The molecule has 1 heterocycles. The fraction of sp³-hybridized carbons (Fsp3) is 0.688. The number of nitriles is 1. The predicted octanol–water partition coefficient (Wildman–Crippen LogP) is 1.67. The minimum Gasteiger partial charge on any atom is -0.389 e. The van der Waals surface area contributed by atoms with E-state index in [1.54, 1.807) is 0 Å². The van der Waals surface area contributed by atoms with E-state index in [1.807, 2.05) is 13.8 Å². The first-order valence-electron chi connectivity index (χ1n) is 7.97. The lowest BCUT2D eigenvalue weighted by molar-refractivity contribution is 0.0385. The fourth-order valence-electron chi connectivity index (χ4n) is 2.35. The highest BCUT2D eigenvalue weighted by molar-refractivity contribution is 5.56. The zero-order chi connectivity index (χ0) is 15.9.